The van der Waals surface area contributed by atoms with E-state index in [4.69, 9.17) is 10.5 Å². The summed E-state index contributed by atoms with van der Waals surface area (Å²) in [6.45, 7) is 0. The molecule has 0 aromatic heterocycles. The molecule has 0 bridgehead atoms. The third kappa shape index (κ3) is 3.73. The van der Waals surface area contributed by atoms with Crippen LogP contribution in [0.4, 0.5) is 0 Å². The predicted octanol–water partition coefficient (Wildman–Crippen LogP) is -1.18. The minimum absolute atomic E-state index is 0. The van der Waals surface area contributed by atoms with Gasteiger partial charge in [-0.05, 0) is 0 Å². The van der Waals surface area contributed by atoms with Crippen molar-refractivity contribution in [1.82, 2.24) is 0 Å². The molecule has 9 heavy (non-hydrogen) atoms. The van der Waals surface area contributed by atoms with Crippen LogP contribution in [0.3, 0.4) is 0 Å². The van der Waals surface area contributed by atoms with E-state index in [0.717, 1.165) is 0 Å². The zero-order valence-corrected chi connectivity index (χ0v) is 5.61. The largest absolute Gasteiger partial charge is 0.410 e. The number of oxime groups is 1. The van der Waals surface area contributed by atoms with Crippen molar-refractivity contribution in [3.05, 3.63) is 0 Å². The fraction of sp³-hybridized carbons (Fsp3) is 0. The second-order valence-electron chi connectivity index (χ2n) is 0.925. The molecule has 0 atom stereocenters. The summed E-state index contributed by atoms with van der Waals surface area (Å²) in [5, 5.41) is 17.9. The van der Waals surface area contributed by atoms with Gasteiger partial charge in [0.2, 0.25) is 5.71 Å². The van der Waals surface area contributed by atoms with E-state index in [1.54, 1.807) is 0 Å². The van der Waals surface area contributed by atoms with E-state index in [2.05, 4.69) is 10.9 Å². The van der Waals surface area contributed by atoms with Crippen molar-refractivity contribution in [2.24, 2.45) is 10.9 Å². The summed E-state index contributed by atoms with van der Waals surface area (Å²) in [5.41, 5.74) is 3.82. The number of carbonyl (C=O) groups excluding carboxylic acids is 1. The third-order valence-corrected chi connectivity index (χ3v) is 0.439. The van der Waals surface area contributed by atoms with Crippen molar-refractivity contribution in [2.45, 2.75) is 0 Å². The quantitative estimate of drug-likeness (QED) is 0.252. The van der Waals surface area contributed by atoms with Crippen LogP contribution in [0.15, 0.2) is 5.16 Å². The standard InChI is InChI=1S/C3H3N3O2.Ag/c4-1-2(6-8)3(5)7;/h8H,(H2,5,7);. The molecule has 0 rings (SSSR count). The van der Waals surface area contributed by atoms with Crippen molar-refractivity contribution >= 4 is 11.6 Å². The molecule has 6 heteroatoms. The van der Waals surface area contributed by atoms with Gasteiger partial charge in [0.1, 0.15) is 6.07 Å². The average molecular weight is 221 g/mol. The monoisotopic (exact) mass is 220 g/mol. The van der Waals surface area contributed by atoms with E-state index in [1.165, 1.54) is 6.07 Å². The first-order valence-corrected chi connectivity index (χ1v) is 1.64. The summed E-state index contributed by atoms with van der Waals surface area (Å²) in [4.78, 5) is 9.87. The van der Waals surface area contributed by atoms with Crippen LogP contribution in [0.2, 0.25) is 0 Å². The van der Waals surface area contributed by atoms with E-state index in [9.17, 15) is 4.79 Å². The molecule has 5 nitrogen and oxygen atoms in total. The van der Waals surface area contributed by atoms with Crippen molar-refractivity contribution in [2.75, 3.05) is 0 Å². The molecule has 0 aliphatic rings. The molecule has 0 aliphatic carbocycles. The number of hydrogen-bond donors (Lipinski definition) is 2. The van der Waals surface area contributed by atoms with Crippen molar-refractivity contribution < 1.29 is 32.4 Å². The van der Waals surface area contributed by atoms with Gasteiger partial charge in [0.25, 0.3) is 5.91 Å². The summed E-state index contributed by atoms with van der Waals surface area (Å²) < 4.78 is 0. The van der Waals surface area contributed by atoms with Crippen LogP contribution in [0.5, 0.6) is 0 Å². The Morgan fingerprint density at radius 1 is 1.78 bits per heavy atom. The molecule has 0 heterocycles. The average Bonchev–Trinajstić information content (AvgIpc) is 1.69. The SMILES string of the molecule is N#CC(=NO)C(N)=O.[Ag]. The molecule has 0 saturated heterocycles. The maximum absolute atomic E-state index is 9.87. The number of nitriles is 1. The van der Waals surface area contributed by atoms with Crippen LogP contribution in [-0.2, 0) is 27.2 Å². The summed E-state index contributed by atoms with van der Waals surface area (Å²) in [6, 6.07) is 1.28. The Bertz CT molecular complexity index is 170. The van der Waals surface area contributed by atoms with Gasteiger partial charge in [0.15, 0.2) is 0 Å². The Hall–Kier alpha value is -0.830. The van der Waals surface area contributed by atoms with Gasteiger partial charge < -0.3 is 10.9 Å². The molecular weight excluding hydrogens is 218 g/mol. The number of nitrogens with two attached hydrogens (primary N) is 1. The maximum atomic E-state index is 9.87. The van der Waals surface area contributed by atoms with Gasteiger partial charge >= 0.3 is 0 Å². The number of amides is 1. The summed E-state index contributed by atoms with van der Waals surface area (Å²) in [7, 11) is 0. The number of nitrogens with zero attached hydrogens (tertiary/aromatic N) is 2. The molecule has 0 aliphatic heterocycles. The zero-order valence-electron chi connectivity index (χ0n) is 4.13. The topological polar surface area (TPSA) is 99.5 Å². The Kier molecular flexibility index (Phi) is 6.51. The fourth-order valence-electron chi connectivity index (χ4n) is 0.127. The molecule has 0 fully saturated rings. The minimum Gasteiger partial charge on any atom is -0.410 e. The van der Waals surface area contributed by atoms with Crippen LogP contribution < -0.4 is 5.73 Å². The van der Waals surface area contributed by atoms with Crippen molar-refractivity contribution in [1.29, 1.82) is 5.26 Å². The smallest absolute Gasteiger partial charge is 0.281 e. The first kappa shape index (κ1) is 11.0. The van der Waals surface area contributed by atoms with E-state index >= 15 is 0 Å². The van der Waals surface area contributed by atoms with Gasteiger partial charge in [-0.2, -0.15) is 5.26 Å². The molecule has 1 radical (unpaired) electrons. The molecule has 0 spiro atoms. The Morgan fingerprint density at radius 2 is 2.22 bits per heavy atom. The van der Waals surface area contributed by atoms with Crippen molar-refractivity contribution in [3.8, 4) is 6.07 Å². The van der Waals surface area contributed by atoms with Gasteiger partial charge in [0.05, 0.1) is 0 Å². The van der Waals surface area contributed by atoms with Crippen LogP contribution >= 0.6 is 0 Å². The van der Waals surface area contributed by atoms with Crippen LogP contribution in [-0.4, -0.2) is 16.8 Å². The summed E-state index contributed by atoms with van der Waals surface area (Å²) in [5.74, 6) is -1.03. The molecule has 3 N–H and O–H groups in total. The fourth-order valence-corrected chi connectivity index (χ4v) is 0.127. The Balaban J connectivity index is 0. The number of hydrogen-bond acceptors (Lipinski definition) is 4. The summed E-state index contributed by atoms with van der Waals surface area (Å²) in [6.07, 6.45) is 0. The second-order valence-corrected chi connectivity index (χ2v) is 0.925. The van der Waals surface area contributed by atoms with Crippen molar-refractivity contribution in [3.63, 3.8) is 0 Å². The van der Waals surface area contributed by atoms with E-state index in [1.807, 2.05) is 0 Å². The van der Waals surface area contributed by atoms with E-state index in [0.29, 0.717) is 0 Å². The Labute approximate surface area is 66.6 Å². The van der Waals surface area contributed by atoms with E-state index in [-0.39, 0.29) is 22.4 Å². The van der Waals surface area contributed by atoms with Crippen LogP contribution in [0.1, 0.15) is 0 Å². The van der Waals surface area contributed by atoms with Crippen LogP contribution in [0, 0.1) is 11.3 Å². The molecule has 1 amide bonds. The molecule has 0 saturated carbocycles. The summed E-state index contributed by atoms with van der Waals surface area (Å²) >= 11 is 0. The number of carbonyl (C=O) groups is 1. The van der Waals surface area contributed by atoms with Gasteiger partial charge in [-0.1, -0.05) is 5.16 Å². The van der Waals surface area contributed by atoms with E-state index < -0.39 is 11.6 Å². The zero-order chi connectivity index (χ0) is 6.57. The second kappa shape index (κ2) is 5.31. The third-order valence-electron chi connectivity index (χ3n) is 0.439. The first-order valence-electron chi connectivity index (χ1n) is 1.64. The molecule has 53 valence electrons. The molecule has 0 aromatic carbocycles. The van der Waals surface area contributed by atoms with Gasteiger partial charge in [-0.25, -0.2) is 0 Å². The van der Waals surface area contributed by atoms with Gasteiger partial charge in [0, 0.05) is 22.4 Å². The number of primary amides is 1. The predicted molar refractivity (Wildman–Crippen MR) is 24.0 cm³/mol. The molecular formula is C3H3AgN3O2. The minimum atomic E-state index is -1.03. The molecule has 0 aromatic rings. The van der Waals surface area contributed by atoms with Crippen LogP contribution in [0.25, 0.3) is 0 Å². The first-order chi connectivity index (χ1) is 3.72. The van der Waals surface area contributed by atoms with Gasteiger partial charge in [-0.3, -0.25) is 4.79 Å². The molecule has 0 unspecified atom stereocenters. The van der Waals surface area contributed by atoms with Gasteiger partial charge in [-0.15, -0.1) is 0 Å². The Morgan fingerprint density at radius 3 is 2.22 bits per heavy atom. The maximum Gasteiger partial charge on any atom is 0.281 e. The number of rotatable bonds is 1. The normalized spacial score (nSPS) is 9.00.